The van der Waals surface area contributed by atoms with Crippen LogP contribution in [0.15, 0.2) is 89.4 Å². The van der Waals surface area contributed by atoms with E-state index in [2.05, 4.69) is 21.2 Å². The summed E-state index contributed by atoms with van der Waals surface area (Å²) in [6, 6.07) is 25.1. The van der Waals surface area contributed by atoms with Crippen molar-refractivity contribution in [2.24, 2.45) is 0 Å². The zero-order chi connectivity index (χ0) is 19.9. The number of hydrogen-bond acceptors (Lipinski definition) is 2. The van der Waals surface area contributed by atoms with E-state index in [1.54, 1.807) is 0 Å². The highest BCUT2D eigenvalue weighted by Gasteiger charge is 2.28. The molecule has 0 saturated carbocycles. The van der Waals surface area contributed by atoms with Crippen LogP contribution in [0.5, 0.6) is 0 Å². The number of carbonyl (C=O) groups excluding carboxylic acids is 1. The quantitative estimate of drug-likeness (QED) is 0.575. The molecule has 0 saturated heterocycles. The molecule has 0 fully saturated rings. The van der Waals surface area contributed by atoms with Crippen molar-refractivity contribution in [1.29, 1.82) is 0 Å². The van der Waals surface area contributed by atoms with Gasteiger partial charge in [0.25, 0.3) is 0 Å². The molecule has 28 heavy (non-hydrogen) atoms. The van der Waals surface area contributed by atoms with Crippen molar-refractivity contribution in [3.63, 3.8) is 0 Å². The lowest BCUT2D eigenvalue weighted by Crippen LogP contribution is -2.44. The van der Waals surface area contributed by atoms with Gasteiger partial charge in [0, 0.05) is 10.9 Å². The van der Waals surface area contributed by atoms with Gasteiger partial charge < -0.3 is 10.4 Å². The Morgan fingerprint density at radius 2 is 1.32 bits per heavy atom. The Labute approximate surface area is 172 Å². The van der Waals surface area contributed by atoms with Crippen LogP contribution < -0.4 is 5.32 Å². The first-order chi connectivity index (χ1) is 13.6. The molecular formula is C23H20BrNO3. The Kier molecular flexibility index (Phi) is 6.61. The fourth-order valence-corrected chi connectivity index (χ4v) is 3.57. The van der Waals surface area contributed by atoms with E-state index >= 15 is 0 Å². The summed E-state index contributed by atoms with van der Waals surface area (Å²) in [6.07, 6.45) is 0.193. The molecule has 3 rings (SSSR count). The molecule has 0 unspecified atom stereocenters. The Balaban J connectivity index is 1.87. The second kappa shape index (κ2) is 9.33. The number of rotatable bonds is 7. The van der Waals surface area contributed by atoms with Crippen LogP contribution in [0.1, 0.15) is 22.6 Å². The smallest absolute Gasteiger partial charge is 0.326 e. The van der Waals surface area contributed by atoms with E-state index in [-0.39, 0.29) is 12.3 Å². The van der Waals surface area contributed by atoms with Crippen LogP contribution in [0.4, 0.5) is 0 Å². The molecule has 0 aliphatic heterocycles. The van der Waals surface area contributed by atoms with Gasteiger partial charge >= 0.3 is 5.97 Å². The topological polar surface area (TPSA) is 66.4 Å². The normalized spacial score (nSPS) is 11.8. The molecule has 0 heterocycles. The number of benzene rings is 3. The third-order valence-electron chi connectivity index (χ3n) is 4.52. The number of hydrogen-bond donors (Lipinski definition) is 2. The van der Waals surface area contributed by atoms with Gasteiger partial charge in [0.15, 0.2) is 0 Å². The maximum Gasteiger partial charge on any atom is 0.326 e. The summed E-state index contributed by atoms with van der Waals surface area (Å²) in [4.78, 5) is 25.0. The molecule has 0 spiro atoms. The van der Waals surface area contributed by atoms with Crippen LogP contribution in [-0.2, 0) is 16.0 Å². The number of carboxylic acid groups (broad SMARTS) is 1. The first-order valence-electron chi connectivity index (χ1n) is 8.92. The summed E-state index contributed by atoms with van der Waals surface area (Å²) in [5, 5.41) is 12.4. The van der Waals surface area contributed by atoms with E-state index in [9.17, 15) is 14.7 Å². The van der Waals surface area contributed by atoms with Crippen molar-refractivity contribution < 1.29 is 14.7 Å². The Morgan fingerprint density at radius 1 is 0.821 bits per heavy atom. The lowest BCUT2D eigenvalue weighted by Gasteiger charge is -2.21. The van der Waals surface area contributed by atoms with E-state index in [0.29, 0.717) is 0 Å². The van der Waals surface area contributed by atoms with Gasteiger partial charge in [0.05, 0.1) is 5.92 Å². The molecule has 4 nitrogen and oxygen atoms in total. The highest BCUT2D eigenvalue weighted by molar-refractivity contribution is 9.10. The minimum absolute atomic E-state index is 0.193. The first-order valence-corrected chi connectivity index (χ1v) is 9.72. The summed E-state index contributed by atoms with van der Waals surface area (Å²) >= 11 is 3.44. The Hall–Kier alpha value is -2.92. The number of amides is 1. The summed E-state index contributed by atoms with van der Waals surface area (Å²) < 4.78 is 0.818. The fraction of sp³-hybridized carbons (Fsp3) is 0.130. The Bertz CT molecular complexity index is 905. The lowest BCUT2D eigenvalue weighted by atomic mass is 9.90. The molecule has 2 N–H and O–H groups in total. The molecule has 142 valence electrons. The zero-order valence-corrected chi connectivity index (χ0v) is 16.7. The molecule has 1 atom stereocenters. The standard InChI is InChI=1S/C23H20BrNO3/c24-19-14-8-7-13-18(19)15-20(23(27)28)25-22(26)21(16-9-3-1-4-10-16)17-11-5-2-6-12-17/h1-14,20-21H,15H2,(H,25,26)(H,27,28)/t20-/m1/s1. The number of halogens is 1. The van der Waals surface area contributed by atoms with Gasteiger partial charge in [0.2, 0.25) is 5.91 Å². The van der Waals surface area contributed by atoms with Gasteiger partial charge in [-0.15, -0.1) is 0 Å². The molecule has 1 amide bonds. The third kappa shape index (κ3) is 4.87. The Morgan fingerprint density at radius 3 is 1.82 bits per heavy atom. The molecule has 0 bridgehead atoms. The number of carbonyl (C=O) groups is 2. The minimum atomic E-state index is -1.07. The molecule has 0 aromatic heterocycles. The third-order valence-corrected chi connectivity index (χ3v) is 5.30. The van der Waals surface area contributed by atoms with Crippen molar-refractivity contribution >= 4 is 27.8 Å². The van der Waals surface area contributed by atoms with E-state index < -0.39 is 17.9 Å². The highest BCUT2D eigenvalue weighted by Crippen LogP contribution is 2.25. The van der Waals surface area contributed by atoms with Crippen LogP contribution in [-0.4, -0.2) is 23.0 Å². The van der Waals surface area contributed by atoms with Crippen molar-refractivity contribution in [2.75, 3.05) is 0 Å². The van der Waals surface area contributed by atoms with Crippen molar-refractivity contribution in [1.82, 2.24) is 5.32 Å². The van der Waals surface area contributed by atoms with Crippen LogP contribution in [0.2, 0.25) is 0 Å². The average Bonchev–Trinajstić information content (AvgIpc) is 2.71. The summed E-state index contributed by atoms with van der Waals surface area (Å²) in [5.41, 5.74) is 2.46. The minimum Gasteiger partial charge on any atom is -0.480 e. The summed E-state index contributed by atoms with van der Waals surface area (Å²) in [6.45, 7) is 0. The maximum atomic E-state index is 13.1. The highest BCUT2D eigenvalue weighted by atomic mass is 79.9. The van der Waals surface area contributed by atoms with E-state index in [4.69, 9.17) is 0 Å². The van der Waals surface area contributed by atoms with Gasteiger partial charge in [-0.05, 0) is 22.8 Å². The largest absolute Gasteiger partial charge is 0.480 e. The average molecular weight is 438 g/mol. The number of aliphatic carboxylic acids is 1. The van der Waals surface area contributed by atoms with Crippen LogP contribution in [0.3, 0.4) is 0 Å². The molecular weight excluding hydrogens is 418 g/mol. The van der Waals surface area contributed by atoms with Crippen molar-refractivity contribution in [2.45, 2.75) is 18.4 Å². The maximum absolute atomic E-state index is 13.1. The molecule has 3 aromatic rings. The van der Waals surface area contributed by atoms with Crippen molar-refractivity contribution in [3.05, 3.63) is 106 Å². The SMILES string of the molecule is O=C(N[C@H](Cc1ccccc1Br)C(=O)O)C(c1ccccc1)c1ccccc1. The van der Waals surface area contributed by atoms with Crippen LogP contribution >= 0.6 is 15.9 Å². The first kappa shape index (κ1) is 19.8. The second-order valence-corrected chi connectivity index (χ2v) is 7.30. The molecule has 3 aromatic carbocycles. The van der Waals surface area contributed by atoms with Crippen LogP contribution in [0, 0.1) is 0 Å². The summed E-state index contributed by atoms with van der Waals surface area (Å²) in [5.74, 6) is -1.98. The van der Waals surface area contributed by atoms with Gasteiger partial charge in [-0.1, -0.05) is 94.8 Å². The number of carboxylic acids is 1. The predicted octanol–water partition coefficient (Wildman–Crippen LogP) is 4.39. The molecule has 0 radical (unpaired) electrons. The monoisotopic (exact) mass is 437 g/mol. The number of nitrogens with one attached hydrogen (secondary N) is 1. The zero-order valence-electron chi connectivity index (χ0n) is 15.1. The van der Waals surface area contributed by atoms with Gasteiger partial charge in [0.1, 0.15) is 6.04 Å². The van der Waals surface area contributed by atoms with Crippen molar-refractivity contribution in [3.8, 4) is 0 Å². The predicted molar refractivity (Wildman–Crippen MR) is 112 cm³/mol. The lowest BCUT2D eigenvalue weighted by molar-refractivity contribution is -0.141. The fourth-order valence-electron chi connectivity index (χ4n) is 3.13. The van der Waals surface area contributed by atoms with Crippen LogP contribution in [0.25, 0.3) is 0 Å². The molecule has 5 heteroatoms. The van der Waals surface area contributed by atoms with Gasteiger partial charge in [-0.3, -0.25) is 4.79 Å². The van der Waals surface area contributed by atoms with Gasteiger partial charge in [-0.25, -0.2) is 4.79 Å². The van der Waals surface area contributed by atoms with E-state index in [1.165, 1.54) is 0 Å². The van der Waals surface area contributed by atoms with E-state index in [0.717, 1.165) is 21.2 Å². The van der Waals surface area contributed by atoms with E-state index in [1.807, 2.05) is 84.9 Å². The van der Waals surface area contributed by atoms with Gasteiger partial charge in [-0.2, -0.15) is 0 Å². The summed E-state index contributed by atoms with van der Waals surface area (Å²) in [7, 11) is 0. The molecule has 0 aliphatic carbocycles. The second-order valence-electron chi connectivity index (χ2n) is 6.45. The molecule has 0 aliphatic rings.